The predicted molar refractivity (Wildman–Crippen MR) is 81.8 cm³/mol. The van der Waals surface area contributed by atoms with Crippen LogP contribution < -0.4 is 16.4 Å². The number of nitrogens with one attached hydrogen (secondary N) is 2. The first-order valence-electron chi connectivity index (χ1n) is 6.74. The Hall–Kier alpha value is -2.89. The third-order valence-electron chi connectivity index (χ3n) is 3.04. The lowest BCUT2D eigenvalue weighted by atomic mass is 10.1. The number of halogens is 1. The molecule has 4 N–H and O–H groups in total. The fraction of sp³-hybridized carbons (Fsp3) is 0.125. The highest BCUT2D eigenvalue weighted by Gasteiger charge is 2.09. The largest absolute Gasteiger partial charge is 0.399 e. The first-order chi connectivity index (χ1) is 10.6. The van der Waals surface area contributed by atoms with Gasteiger partial charge in [-0.2, -0.15) is 0 Å². The van der Waals surface area contributed by atoms with Gasteiger partial charge in [0.2, 0.25) is 0 Å². The molecule has 3 amide bonds. The van der Waals surface area contributed by atoms with E-state index in [2.05, 4.69) is 10.6 Å². The van der Waals surface area contributed by atoms with E-state index in [9.17, 15) is 14.0 Å². The molecule has 0 aliphatic rings. The summed E-state index contributed by atoms with van der Waals surface area (Å²) < 4.78 is 13.4. The standard InChI is InChI=1S/C16H16FN3O2/c17-14-4-2-1-3-11(14)9-10-19-16(22)20-15(21)12-5-7-13(18)8-6-12/h1-8H,9-10,18H2,(H2,19,20,21,22). The van der Waals surface area contributed by atoms with E-state index in [0.29, 0.717) is 23.2 Å². The van der Waals surface area contributed by atoms with Crippen molar-refractivity contribution in [3.05, 3.63) is 65.5 Å². The average Bonchev–Trinajstić information content (AvgIpc) is 2.50. The molecule has 0 saturated heterocycles. The van der Waals surface area contributed by atoms with Gasteiger partial charge in [-0.15, -0.1) is 0 Å². The topological polar surface area (TPSA) is 84.2 Å². The van der Waals surface area contributed by atoms with Gasteiger partial charge in [0.25, 0.3) is 5.91 Å². The maximum Gasteiger partial charge on any atom is 0.321 e. The van der Waals surface area contributed by atoms with Gasteiger partial charge in [-0.05, 0) is 42.3 Å². The molecule has 0 heterocycles. The fourth-order valence-corrected chi connectivity index (χ4v) is 1.87. The van der Waals surface area contributed by atoms with Gasteiger partial charge < -0.3 is 11.1 Å². The number of benzene rings is 2. The normalized spacial score (nSPS) is 10.0. The Morgan fingerprint density at radius 2 is 1.73 bits per heavy atom. The summed E-state index contributed by atoms with van der Waals surface area (Å²) in [5, 5.41) is 4.70. The summed E-state index contributed by atoms with van der Waals surface area (Å²) >= 11 is 0. The number of amides is 3. The van der Waals surface area contributed by atoms with E-state index < -0.39 is 11.9 Å². The molecule has 2 rings (SSSR count). The van der Waals surface area contributed by atoms with Crippen molar-refractivity contribution in [1.82, 2.24) is 10.6 Å². The molecule has 114 valence electrons. The second-order valence-electron chi connectivity index (χ2n) is 4.67. The number of rotatable bonds is 4. The summed E-state index contributed by atoms with van der Waals surface area (Å²) in [4.78, 5) is 23.4. The van der Waals surface area contributed by atoms with Gasteiger partial charge in [-0.25, -0.2) is 9.18 Å². The van der Waals surface area contributed by atoms with E-state index in [1.165, 1.54) is 18.2 Å². The summed E-state index contributed by atoms with van der Waals surface area (Å²) in [5.74, 6) is -0.842. The number of hydrogen-bond acceptors (Lipinski definition) is 3. The highest BCUT2D eigenvalue weighted by Crippen LogP contribution is 2.06. The van der Waals surface area contributed by atoms with E-state index in [1.807, 2.05) is 0 Å². The van der Waals surface area contributed by atoms with E-state index >= 15 is 0 Å². The maximum absolute atomic E-state index is 13.4. The highest BCUT2D eigenvalue weighted by molar-refractivity contribution is 6.04. The minimum Gasteiger partial charge on any atom is -0.399 e. The second kappa shape index (κ2) is 7.21. The Balaban J connectivity index is 1.79. The molecule has 0 bridgehead atoms. The number of nitrogen functional groups attached to an aromatic ring is 1. The van der Waals surface area contributed by atoms with Crippen molar-refractivity contribution in [2.24, 2.45) is 0 Å². The molecule has 6 heteroatoms. The molecule has 5 nitrogen and oxygen atoms in total. The van der Waals surface area contributed by atoms with Crippen molar-refractivity contribution in [1.29, 1.82) is 0 Å². The average molecular weight is 301 g/mol. The van der Waals surface area contributed by atoms with Gasteiger partial charge in [0.1, 0.15) is 5.82 Å². The second-order valence-corrected chi connectivity index (χ2v) is 4.67. The van der Waals surface area contributed by atoms with Crippen molar-refractivity contribution < 1.29 is 14.0 Å². The SMILES string of the molecule is Nc1ccc(C(=O)NC(=O)NCCc2ccccc2F)cc1. The minimum atomic E-state index is -0.627. The van der Waals surface area contributed by atoms with Crippen LogP contribution in [0.2, 0.25) is 0 Å². The lowest BCUT2D eigenvalue weighted by molar-refractivity contribution is 0.0964. The highest BCUT2D eigenvalue weighted by atomic mass is 19.1. The Morgan fingerprint density at radius 3 is 2.41 bits per heavy atom. The molecule has 0 spiro atoms. The predicted octanol–water partition coefficient (Wildman–Crippen LogP) is 2.09. The molecule has 22 heavy (non-hydrogen) atoms. The number of carbonyl (C=O) groups excluding carboxylic acids is 2. The van der Waals surface area contributed by atoms with E-state index in [1.54, 1.807) is 30.3 Å². The van der Waals surface area contributed by atoms with Crippen LogP contribution in [0.4, 0.5) is 14.9 Å². The van der Waals surface area contributed by atoms with Crippen LogP contribution in [0.1, 0.15) is 15.9 Å². The quantitative estimate of drug-likeness (QED) is 0.756. The molecule has 0 saturated carbocycles. The number of anilines is 1. The minimum absolute atomic E-state index is 0.224. The van der Waals surface area contributed by atoms with Crippen molar-refractivity contribution in [3.63, 3.8) is 0 Å². The molecule has 2 aromatic rings. The molecule has 0 fully saturated rings. The molecule has 0 radical (unpaired) electrons. The van der Waals surface area contributed by atoms with Gasteiger partial charge in [-0.1, -0.05) is 18.2 Å². The smallest absolute Gasteiger partial charge is 0.321 e. The van der Waals surface area contributed by atoms with Crippen LogP contribution >= 0.6 is 0 Å². The number of urea groups is 1. The number of imide groups is 1. The molecule has 2 aromatic carbocycles. The zero-order valence-electron chi connectivity index (χ0n) is 11.8. The van der Waals surface area contributed by atoms with E-state index in [4.69, 9.17) is 5.73 Å². The zero-order valence-corrected chi connectivity index (χ0v) is 11.8. The number of carbonyl (C=O) groups is 2. The molecule has 0 aromatic heterocycles. The van der Waals surface area contributed by atoms with E-state index in [0.717, 1.165) is 0 Å². The Kier molecular flexibility index (Phi) is 5.08. The Bertz CT molecular complexity index is 671. The fourth-order valence-electron chi connectivity index (χ4n) is 1.87. The summed E-state index contributed by atoms with van der Waals surface area (Å²) in [7, 11) is 0. The van der Waals surface area contributed by atoms with Gasteiger partial charge >= 0.3 is 6.03 Å². The van der Waals surface area contributed by atoms with Crippen LogP contribution in [0.25, 0.3) is 0 Å². The lowest BCUT2D eigenvalue weighted by Crippen LogP contribution is -2.40. The Morgan fingerprint density at radius 1 is 1.05 bits per heavy atom. The third kappa shape index (κ3) is 4.31. The monoisotopic (exact) mass is 301 g/mol. The molecule has 0 aliphatic carbocycles. The summed E-state index contributed by atoms with van der Waals surface area (Å²) in [6.45, 7) is 0.224. The number of nitrogens with two attached hydrogens (primary N) is 1. The van der Waals surface area contributed by atoms with Gasteiger partial charge in [0.05, 0.1) is 0 Å². The van der Waals surface area contributed by atoms with Crippen molar-refractivity contribution in [2.75, 3.05) is 12.3 Å². The van der Waals surface area contributed by atoms with Crippen LogP contribution in [0.5, 0.6) is 0 Å². The maximum atomic E-state index is 13.4. The molecule has 0 aliphatic heterocycles. The van der Waals surface area contributed by atoms with Crippen molar-refractivity contribution in [2.45, 2.75) is 6.42 Å². The molecular weight excluding hydrogens is 285 g/mol. The molecular formula is C16H16FN3O2. The molecule has 0 atom stereocenters. The first-order valence-corrected chi connectivity index (χ1v) is 6.74. The summed E-state index contributed by atoms with van der Waals surface area (Å²) in [6, 6.07) is 11.9. The first kappa shape index (κ1) is 15.5. The zero-order chi connectivity index (χ0) is 15.9. The van der Waals surface area contributed by atoms with Crippen molar-refractivity contribution >= 4 is 17.6 Å². The van der Waals surface area contributed by atoms with E-state index in [-0.39, 0.29) is 12.4 Å². The van der Waals surface area contributed by atoms with Gasteiger partial charge in [-0.3, -0.25) is 10.1 Å². The lowest BCUT2D eigenvalue weighted by Gasteiger charge is -2.07. The van der Waals surface area contributed by atoms with Gasteiger partial charge in [0, 0.05) is 17.8 Å². The van der Waals surface area contributed by atoms with Crippen LogP contribution in [0.3, 0.4) is 0 Å². The van der Waals surface area contributed by atoms with Crippen molar-refractivity contribution in [3.8, 4) is 0 Å². The summed E-state index contributed by atoms with van der Waals surface area (Å²) in [6.07, 6.45) is 0.343. The van der Waals surface area contributed by atoms with Crippen LogP contribution in [-0.4, -0.2) is 18.5 Å². The third-order valence-corrected chi connectivity index (χ3v) is 3.04. The van der Waals surface area contributed by atoms with Crippen LogP contribution in [-0.2, 0) is 6.42 Å². The molecule has 0 unspecified atom stereocenters. The number of hydrogen-bond donors (Lipinski definition) is 3. The Labute approximate surface area is 127 Å². The van der Waals surface area contributed by atoms with Gasteiger partial charge in [0.15, 0.2) is 0 Å². The van der Waals surface area contributed by atoms with Crippen LogP contribution in [0, 0.1) is 5.82 Å². The van der Waals surface area contributed by atoms with Crippen LogP contribution in [0.15, 0.2) is 48.5 Å². The summed E-state index contributed by atoms with van der Waals surface area (Å²) in [5.41, 5.74) is 6.89.